The average Bonchev–Trinajstić information content (AvgIpc) is 2.78. The van der Waals surface area contributed by atoms with Crippen molar-refractivity contribution in [2.75, 3.05) is 13.2 Å². The molecule has 0 spiro atoms. The Morgan fingerprint density at radius 1 is 0.724 bits per heavy atom. The summed E-state index contributed by atoms with van der Waals surface area (Å²) in [5, 5.41) is 15.5. The van der Waals surface area contributed by atoms with Crippen molar-refractivity contribution >= 4 is 6.03 Å². The smallest absolute Gasteiger partial charge is 0.315 e. The predicted molar refractivity (Wildman–Crippen MR) is 117 cm³/mol. The first-order valence-electron chi connectivity index (χ1n) is 10.1. The third-order valence-corrected chi connectivity index (χ3v) is 5.07. The molecular formula is C25H28N2O2. The summed E-state index contributed by atoms with van der Waals surface area (Å²) >= 11 is 0. The minimum atomic E-state index is -0.209. The third-order valence-electron chi connectivity index (χ3n) is 5.07. The van der Waals surface area contributed by atoms with Gasteiger partial charge in [0.2, 0.25) is 0 Å². The van der Waals surface area contributed by atoms with E-state index < -0.39 is 0 Å². The van der Waals surface area contributed by atoms with Crippen LogP contribution in [0.25, 0.3) is 0 Å². The van der Waals surface area contributed by atoms with Crippen LogP contribution in [0.3, 0.4) is 0 Å². The molecular weight excluding hydrogens is 360 g/mol. The van der Waals surface area contributed by atoms with E-state index in [4.69, 9.17) is 0 Å². The van der Waals surface area contributed by atoms with E-state index in [1.54, 1.807) is 0 Å². The molecule has 0 aromatic heterocycles. The number of benzene rings is 3. The largest absolute Gasteiger partial charge is 0.396 e. The Hall–Kier alpha value is -3.11. The Kier molecular flexibility index (Phi) is 7.84. The lowest BCUT2D eigenvalue weighted by Gasteiger charge is -2.21. The number of nitrogens with one attached hydrogen (secondary N) is 2. The van der Waals surface area contributed by atoms with Crippen molar-refractivity contribution < 1.29 is 9.90 Å². The molecule has 3 aromatic carbocycles. The number of carbonyl (C=O) groups excluding carboxylic acids is 1. The van der Waals surface area contributed by atoms with Gasteiger partial charge >= 0.3 is 6.03 Å². The summed E-state index contributed by atoms with van der Waals surface area (Å²) in [6, 6.07) is 29.6. The van der Waals surface area contributed by atoms with Gasteiger partial charge in [0, 0.05) is 13.2 Å². The molecule has 0 saturated carbocycles. The number of rotatable bonds is 9. The molecule has 1 unspecified atom stereocenters. The van der Waals surface area contributed by atoms with E-state index in [1.165, 1.54) is 5.56 Å². The topological polar surface area (TPSA) is 61.4 Å². The lowest BCUT2D eigenvalue weighted by atomic mass is 9.93. The van der Waals surface area contributed by atoms with Crippen molar-refractivity contribution in [2.45, 2.75) is 24.8 Å². The van der Waals surface area contributed by atoms with Crippen LogP contribution in [0.5, 0.6) is 0 Å². The molecule has 0 radical (unpaired) electrons. The number of hydrogen-bond acceptors (Lipinski definition) is 2. The average molecular weight is 389 g/mol. The molecule has 0 aliphatic carbocycles. The number of hydrogen-bond donors (Lipinski definition) is 3. The van der Waals surface area contributed by atoms with E-state index in [0.717, 1.165) is 17.5 Å². The van der Waals surface area contributed by atoms with E-state index in [-0.39, 0.29) is 24.6 Å². The number of aliphatic hydroxyl groups excluding tert-OH is 1. The van der Waals surface area contributed by atoms with E-state index in [9.17, 15) is 9.90 Å². The Balaban J connectivity index is 1.60. The molecule has 0 aliphatic heterocycles. The molecule has 29 heavy (non-hydrogen) atoms. The molecule has 4 heteroatoms. The molecule has 0 heterocycles. The van der Waals surface area contributed by atoms with Crippen molar-refractivity contribution in [1.29, 1.82) is 0 Å². The summed E-state index contributed by atoms with van der Waals surface area (Å²) < 4.78 is 0. The molecule has 3 rings (SSSR count). The second-order valence-corrected chi connectivity index (χ2v) is 7.06. The van der Waals surface area contributed by atoms with Gasteiger partial charge in [-0.1, -0.05) is 91.0 Å². The summed E-state index contributed by atoms with van der Waals surface area (Å²) in [6.07, 6.45) is 1.46. The Labute approximate surface area is 172 Å². The maximum atomic E-state index is 12.6. The highest BCUT2D eigenvalue weighted by molar-refractivity contribution is 5.75. The van der Waals surface area contributed by atoms with Gasteiger partial charge in [0.05, 0.1) is 6.04 Å². The molecule has 3 aromatic rings. The van der Waals surface area contributed by atoms with Gasteiger partial charge in [-0.25, -0.2) is 4.79 Å². The van der Waals surface area contributed by atoms with E-state index in [2.05, 4.69) is 22.8 Å². The first-order valence-corrected chi connectivity index (χ1v) is 10.1. The molecule has 0 fully saturated rings. The molecule has 0 bridgehead atoms. The van der Waals surface area contributed by atoms with Crippen molar-refractivity contribution in [1.82, 2.24) is 10.6 Å². The van der Waals surface area contributed by atoms with Crippen molar-refractivity contribution in [3.05, 3.63) is 108 Å². The van der Waals surface area contributed by atoms with Gasteiger partial charge in [-0.15, -0.1) is 0 Å². The predicted octanol–water partition coefficient (Wildman–Crippen LogP) is 4.63. The Morgan fingerprint density at radius 2 is 1.21 bits per heavy atom. The summed E-state index contributed by atoms with van der Waals surface area (Å²) in [7, 11) is 0. The Morgan fingerprint density at radius 3 is 1.69 bits per heavy atom. The summed E-state index contributed by atoms with van der Waals surface area (Å²) in [4.78, 5) is 12.6. The van der Waals surface area contributed by atoms with Gasteiger partial charge < -0.3 is 15.7 Å². The van der Waals surface area contributed by atoms with Crippen LogP contribution in [-0.2, 0) is 0 Å². The van der Waals surface area contributed by atoms with Crippen molar-refractivity contribution in [3.63, 3.8) is 0 Å². The molecule has 0 aliphatic rings. The van der Waals surface area contributed by atoms with Gasteiger partial charge in [0.15, 0.2) is 0 Å². The van der Waals surface area contributed by atoms with Crippen molar-refractivity contribution in [3.8, 4) is 0 Å². The fourth-order valence-electron chi connectivity index (χ4n) is 3.55. The maximum absolute atomic E-state index is 12.6. The highest BCUT2D eigenvalue weighted by Gasteiger charge is 2.17. The van der Waals surface area contributed by atoms with Crippen molar-refractivity contribution in [2.24, 2.45) is 0 Å². The second-order valence-electron chi connectivity index (χ2n) is 7.06. The first-order chi connectivity index (χ1) is 14.3. The van der Waals surface area contributed by atoms with Gasteiger partial charge in [0.25, 0.3) is 0 Å². The number of aliphatic hydroxyl groups is 1. The van der Waals surface area contributed by atoms with Crippen LogP contribution >= 0.6 is 0 Å². The highest BCUT2D eigenvalue weighted by atomic mass is 16.3. The van der Waals surface area contributed by atoms with Crippen LogP contribution in [0.1, 0.15) is 41.5 Å². The number of amides is 2. The van der Waals surface area contributed by atoms with Gasteiger partial charge in [-0.05, 0) is 35.4 Å². The summed E-state index contributed by atoms with van der Waals surface area (Å²) in [5.41, 5.74) is 3.27. The molecule has 0 saturated heterocycles. The zero-order valence-electron chi connectivity index (χ0n) is 16.5. The minimum Gasteiger partial charge on any atom is -0.396 e. The zero-order valence-corrected chi connectivity index (χ0v) is 16.5. The SMILES string of the molecule is O=C(NCCC(CCO)c1ccccc1)NC(c1ccccc1)c1ccccc1. The lowest BCUT2D eigenvalue weighted by molar-refractivity contribution is 0.237. The number of carbonyl (C=O) groups is 1. The molecule has 4 nitrogen and oxygen atoms in total. The van der Waals surface area contributed by atoms with Gasteiger partial charge in [0.1, 0.15) is 0 Å². The van der Waals surface area contributed by atoms with E-state index in [1.807, 2.05) is 78.9 Å². The quantitative estimate of drug-likeness (QED) is 0.500. The molecule has 150 valence electrons. The highest BCUT2D eigenvalue weighted by Crippen LogP contribution is 2.23. The monoisotopic (exact) mass is 388 g/mol. The molecule has 2 amide bonds. The molecule has 1 atom stereocenters. The third kappa shape index (κ3) is 6.19. The van der Waals surface area contributed by atoms with Gasteiger partial charge in [-0.3, -0.25) is 0 Å². The normalized spacial score (nSPS) is 11.8. The summed E-state index contributed by atoms with van der Waals surface area (Å²) in [5.74, 6) is 0.223. The summed E-state index contributed by atoms with van der Waals surface area (Å²) in [6.45, 7) is 0.678. The minimum absolute atomic E-state index is 0.135. The number of urea groups is 1. The standard InChI is InChI=1S/C25H28N2O2/c28-19-17-21(20-10-4-1-5-11-20)16-18-26-25(29)27-24(22-12-6-2-7-13-22)23-14-8-3-9-15-23/h1-15,21,24,28H,16-19H2,(H2,26,27,29). The van der Waals surface area contributed by atoms with Crippen LogP contribution in [0.4, 0.5) is 4.79 Å². The van der Waals surface area contributed by atoms with Crippen LogP contribution in [0, 0.1) is 0 Å². The van der Waals surface area contributed by atoms with E-state index >= 15 is 0 Å². The van der Waals surface area contributed by atoms with E-state index in [0.29, 0.717) is 13.0 Å². The van der Waals surface area contributed by atoms with Crippen LogP contribution in [0.2, 0.25) is 0 Å². The molecule has 3 N–H and O–H groups in total. The van der Waals surface area contributed by atoms with Gasteiger partial charge in [-0.2, -0.15) is 0 Å². The van der Waals surface area contributed by atoms with Crippen LogP contribution < -0.4 is 10.6 Å². The van der Waals surface area contributed by atoms with Crippen LogP contribution in [-0.4, -0.2) is 24.3 Å². The fraction of sp³-hybridized carbons (Fsp3) is 0.240. The zero-order chi connectivity index (χ0) is 20.3. The Bertz CT molecular complexity index is 814. The van der Waals surface area contributed by atoms with Crippen LogP contribution in [0.15, 0.2) is 91.0 Å². The first kappa shape index (κ1) is 20.6. The fourth-order valence-corrected chi connectivity index (χ4v) is 3.55. The lowest BCUT2D eigenvalue weighted by Crippen LogP contribution is -2.39. The maximum Gasteiger partial charge on any atom is 0.315 e. The second kappa shape index (κ2) is 11.0.